The van der Waals surface area contributed by atoms with E-state index in [1.807, 2.05) is 13.0 Å². The molecule has 0 radical (unpaired) electrons. The van der Waals surface area contributed by atoms with Crippen LogP contribution >= 0.6 is 12.4 Å². The minimum Gasteiger partial charge on any atom is -0.326 e. The van der Waals surface area contributed by atoms with Gasteiger partial charge in [-0.2, -0.15) is 5.10 Å². The van der Waals surface area contributed by atoms with E-state index in [9.17, 15) is 9.59 Å². The molecule has 1 saturated heterocycles. The fourth-order valence-corrected chi connectivity index (χ4v) is 2.69. The summed E-state index contributed by atoms with van der Waals surface area (Å²) < 4.78 is 1.59. The van der Waals surface area contributed by atoms with E-state index < -0.39 is 6.04 Å². The fraction of sp³-hybridized carbons (Fsp3) is 0.389. The van der Waals surface area contributed by atoms with E-state index in [1.165, 1.54) is 0 Å². The number of carbonyl (C=O) groups is 2. The third-order valence-electron chi connectivity index (χ3n) is 4.63. The molecule has 0 bridgehead atoms. The number of benzene rings is 1. The molecule has 1 aliphatic rings. The predicted octanol–water partition coefficient (Wildman–Crippen LogP) is 2.30. The Kier molecular flexibility index (Phi) is 6.76. The molecule has 2 aromatic rings. The molecule has 7 nitrogen and oxygen atoms in total. The van der Waals surface area contributed by atoms with Crippen LogP contribution in [-0.4, -0.2) is 34.7 Å². The average molecular weight is 378 g/mol. The van der Waals surface area contributed by atoms with Crippen LogP contribution in [0.3, 0.4) is 0 Å². The zero-order valence-electron chi connectivity index (χ0n) is 14.8. The van der Waals surface area contributed by atoms with Crippen LogP contribution in [0.15, 0.2) is 42.7 Å². The molecule has 0 aliphatic carbocycles. The van der Waals surface area contributed by atoms with E-state index >= 15 is 0 Å². The zero-order chi connectivity index (χ0) is 17.8. The lowest BCUT2D eigenvalue weighted by molar-refractivity contribution is -0.121. The van der Waals surface area contributed by atoms with Crippen LogP contribution in [0.2, 0.25) is 0 Å². The Hall–Kier alpha value is -2.38. The molecule has 140 valence electrons. The highest BCUT2D eigenvalue weighted by Gasteiger charge is 2.28. The van der Waals surface area contributed by atoms with Crippen molar-refractivity contribution in [3.8, 4) is 0 Å². The normalized spacial score (nSPS) is 15.9. The lowest BCUT2D eigenvalue weighted by atomic mass is 9.88. The number of hydrogen-bond acceptors (Lipinski definition) is 4. The fourth-order valence-electron chi connectivity index (χ4n) is 2.69. The van der Waals surface area contributed by atoms with Gasteiger partial charge in [0.05, 0.1) is 0 Å². The van der Waals surface area contributed by atoms with E-state index in [4.69, 9.17) is 0 Å². The molecule has 3 N–H and O–H groups in total. The predicted molar refractivity (Wildman–Crippen MR) is 103 cm³/mol. The quantitative estimate of drug-likeness (QED) is 0.720. The molecule has 1 aromatic heterocycles. The van der Waals surface area contributed by atoms with Crippen molar-refractivity contribution >= 4 is 35.6 Å². The summed E-state index contributed by atoms with van der Waals surface area (Å²) in [4.78, 5) is 24.6. The first-order chi connectivity index (χ1) is 12.0. The Morgan fingerprint density at radius 3 is 2.35 bits per heavy atom. The number of rotatable bonds is 6. The number of nitrogens with one attached hydrogen (secondary N) is 3. The van der Waals surface area contributed by atoms with Gasteiger partial charge in [0, 0.05) is 29.7 Å². The van der Waals surface area contributed by atoms with Crippen LogP contribution in [-0.2, 0) is 9.59 Å². The number of hydrogen-bond donors (Lipinski definition) is 3. The van der Waals surface area contributed by atoms with Crippen LogP contribution in [0.1, 0.15) is 19.9 Å². The van der Waals surface area contributed by atoms with Crippen molar-refractivity contribution in [2.45, 2.75) is 19.9 Å². The van der Waals surface area contributed by atoms with E-state index in [0.717, 1.165) is 13.1 Å². The van der Waals surface area contributed by atoms with Crippen molar-refractivity contribution < 1.29 is 9.59 Å². The van der Waals surface area contributed by atoms with Gasteiger partial charge < -0.3 is 16.0 Å². The molecular formula is C18H24ClN5O2. The lowest BCUT2D eigenvalue weighted by Gasteiger charge is -2.31. The summed E-state index contributed by atoms with van der Waals surface area (Å²) >= 11 is 0. The molecule has 1 aromatic carbocycles. The van der Waals surface area contributed by atoms with Gasteiger partial charge in [0.25, 0.3) is 0 Å². The van der Waals surface area contributed by atoms with Crippen LogP contribution < -0.4 is 16.0 Å². The number of carbonyl (C=O) groups excluding carboxylic acids is 2. The van der Waals surface area contributed by atoms with Crippen molar-refractivity contribution in [1.82, 2.24) is 15.1 Å². The molecule has 2 heterocycles. The molecule has 1 aliphatic heterocycles. The van der Waals surface area contributed by atoms with Crippen LogP contribution in [0.5, 0.6) is 0 Å². The highest BCUT2D eigenvalue weighted by atomic mass is 35.5. The Morgan fingerprint density at radius 1 is 1.15 bits per heavy atom. The number of amides is 2. The van der Waals surface area contributed by atoms with Gasteiger partial charge in [-0.05, 0) is 50.2 Å². The maximum absolute atomic E-state index is 12.3. The second-order valence-electron chi connectivity index (χ2n) is 6.43. The Morgan fingerprint density at radius 2 is 1.81 bits per heavy atom. The molecule has 0 spiro atoms. The summed E-state index contributed by atoms with van der Waals surface area (Å²) in [7, 11) is 0. The van der Waals surface area contributed by atoms with Crippen LogP contribution in [0, 0.1) is 11.8 Å². The summed E-state index contributed by atoms with van der Waals surface area (Å²) in [5.41, 5.74) is 1.31. The van der Waals surface area contributed by atoms with Gasteiger partial charge in [-0.25, -0.2) is 0 Å². The first-order valence-corrected chi connectivity index (χ1v) is 8.46. The number of aromatic nitrogens is 2. The zero-order valence-corrected chi connectivity index (χ0v) is 15.6. The highest BCUT2D eigenvalue weighted by Crippen LogP contribution is 2.21. The Balaban J connectivity index is 0.00000243. The van der Waals surface area contributed by atoms with E-state index in [0.29, 0.717) is 17.3 Å². The van der Waals surface area contributed by atoms with Crippen LogP contribution in [0.4, 0.5) is 11.4 Å². The second-order valence-corrected chi connectivity index (χ2v) is 6.43. The van der Waals surface area contributed by atoms with E-state index in [-0.39, 0.29) is 30.1 Å². The first kappa shape index (κ1) is 19.9. The van der Waals surface area contributed by atoms with Crippen molar-refractivity contribution in [2.75, 3.05) is 23.7 Å². The summed E-state index contributed by atoms with van der Waals surface area (Å²) in [6, 6.07) is 8.54. The standard InChI is InChI=1S/C18H23N5O2.ClH/c1-12(14-10-19-11-14)17(24)21-15-5-3-6-16(9-15)22-18(25)13(2)23-8-4-7-20-23;/h3-9,12-14,19H,10-11H2,1-2H3,(H,21,24)(H,22,25);1H. The molecule has 3 rings (SSSR count). The lowest BCUT2D eigenvalue weighted by Crippen LogP contribution is -2.48. The minimum atomic E-state index is -0.417. The van der Waals surface area contributed by atoms with Crippen molar-refractivity contribution in [1.29, 1.82) is 0 Å². The molecule has 2 amide bonds. The topological polar surface area (TPSA) is 88.1 Å². The monoisotopic (exact) mass is 377 g/mol. The van der Waals surface area contributed by atoms with Crippen molar-refractivity contribution in [2.24, 2.45) is 11.8 Å². The van der Waals surface area contributed by atoms with Gasteiger partial charge in [-0.15, -0.1) is 12.4 Å². The van der Waals surface area contributed by atoms with Crippen molar-refractivity contribution in [3.05, 3.63) is 42.7 Å². The average Bonchev–Trinajstić information content (AvgIpc) is 3.07. The van der Waals surface area contributed by atoms with Gasteiger partial charge in [0.2, 0.25) is 11.8 Å². The van der Waals surface area contributed by atoms with Crippen molar-refractivity contribution in [3.63, 3.8) is 0 Å². The Labute approximate surface area is 159 Å². The number of anilines is 2. The van der Waals surface area contributed by atoms with Gasteiger partial charge in [0.1, 0.15) is 6.04 Å². The molecule has 2 unspecified atom stereocenters. The first-order valence-electron chi connectivity index (χ1n) is 8.46. The third-order valence-corrected chi connectivity index (χ3v) is 4.63. The highest BCUT2D eigenvalue weighted by molar-refractivity contribution is 5.96. The molecular weight excluding hydrogens is 354 g/mol. The smallest absolute Gasteiger partial charge is 0.248 e. The SMILES string of the molecule is CC(C(=O)Nc1cccc(NC(=O)C(C)n2cccn2)c1)C1CNC1.Cl. The molecule has 2 atom stereocenters. The van der Waals surface area contributed by atoms with E-state index in [2.05, 4.69) is 21.0 Å². The van der Waals surface area contributed by atoms with Gasteiger partial charge >= 0.3 is 0 Å². The summed E-state index contributed by atoms with van der Waals surface area (Å²) in [6.45, 7) is 5.49. The Bertz CT molecular complexity index is 746. The largest absolute Gasteiger partial charge is 0.326 e. The molecule has 26 heavy (non-hydrogen) atoms. The summed E-state index contributed by atoms with van der Waals surface area (Å²) in [5, 5.41) is 13.0. The van der Waals surface area contributed by atoms with Gasteiger partial charge in [-0.1, -0.05) is 13.0 Å². The summed E-state index contributed by atoms with van der Waals surface area (Å²) in [6.07, 6.45) is 3.39. The molecule has 0 saturated carbocycles. The maximum atomic E-state index is 12.3. The van der Waals surface area contributed by atoms with Crippen LogP contribution in [0.25, 0.3) is 0 Å². The number of halogens is 1. The second kappa shape index (κ2) is 8.82. The maximum Gasteiger partial charge on any atom is 0.248 e. The third kappa shape index (κ3) is 4.62. The van der Waals surface area contributed by atoms with Gasteiger partial charge in [0.15, 0.2) is 0 Å². The van der Waals surface area contributed by atoms with Gasteiger partial charge in [-0.3, -0.25) is 14.3 Å². The minimum absolute atomic E-state index is 0. The van der Waals surface area contributed by atoms with E-state index in [1.54, 1.807) is 48.3 Å². The number of nitrogens with zero attached hydrogens (tertiary/aromatic N) is 2. The summed E-state index contributed by atoms with van der Waals surface area (Å²) in [5.74, 6) is 0.179. The molecule has 8 heteroatoms. The molecule has 1 fully saturated rings.